The molecule has 0 aliphatic carbocycles. The third kappa shape index (κ3) is 6.03. The molecule has 0 radical (unpaired) electrons. The number of aromatic nitrogens is 2. The topological polar surface area (TPSA) is 85.4 Å². The number of benzene rings is 2. The molecule has 2 heterocycles. The Labute approximate surface area is 213 Å². The summed E-state index contributed by atoms with van der Waals surface area (Å²) in [5.41, 5.74) is 3.95. The van der Waals surface area contributed by atoms with Crippen LogP contribution >= 0.6 is 23.8 Å². The van der Waals surface area contributed by atoms with Gasteiger partial charge in [-0.1, -0.05) is 41.9 Å². The molecule has 2 N–H and O–H groups in total. The van der Waals surface area contributed by atoms with Crippen molar-refractivity contribution in [3.05, 3.63) is 88.8 Å². The lowest BCUT2D eigenvalue weighted by Crippen LogP contribution is -2.35. The summed E-state index contributed by atoms with van der Waals surface area (Å²) in [6.45, 7) is 0. The van der Waals surface area contributed by atoms with Crippen molar-refractivity contribution in [2.24, 2.45) is 0 Å². The number of nitrogens with one attached hydrogen (secondary N) is 2. The van der Waals surface area contributed by atoms with E-state index in [0.717, 1.165) is 22.0 Å². The molecule has 35 heavy (non-hydrogen) atoms. The zero-order valence-electron chi connectivity index (χ0n) is 19.2. The van der Waals surface area contributed by atoms with Crippen LogP contribution in [0.25, 0.3) is 10.9 Å². The number of fused-ring (bicyclic) bond motifs is 1. The van der Waals surface area contributed by atoms with Gasteiger partial charge in [-0.05, 0) is 41.5 Å². The second kappa shape index (κ2) is 11.1. The van der Waals surface area contributed by atoms with Gasteiger partial charge in [0.15, 0.2) is 16.6 Å². The number of nitrogens with zero attached hydrogens (tertiary/aromatic N) is 2. The zero-order valence-corrected chi connectivity index (χ0v) is 20.7. The van der Waals surface area contributed by atoms with Crippen LogP contribution in [0.15, 0.2) is 67.0 Å². The number of thiocarbonyl (C=S) groups is 1. The SMILES string of the molecule is COc1cc2nccc(Cc3ncc(NC(=S)NC(=O)Cc4ccccc4)cc3Cl)c2cc1OC. The number of anilines is 1. The first-order chi connectivity index (χ1) is 17.0. The van der Waals surface area contributed by atoms with E-state index in [-0.39, 0.29) is 17.4 Å². The molecule has 0 aliphatic rings. The predicted molar refractivity (Wildman–Crippen MR) is 141 cm³/mol. The predicted octanol–water partition coefficient (Wildman–Crippen LogP) is 4.95. The van der Waals surface area contributed by atoms with Gasteiger partial charge in [0.25, 0.3) is 0 Å². The second-order valence-corrected chi connectivity index (χ2v) is 8.50. The van der Waals surface area contributed by atoms with Gasteiger partial charge in [-0.15, -0.1) is 0 Å². The summed E-state index contributed by atoms with van der Waals surface area (Å²) in [5.74, 6) is 1.03. The summed E-state index contributed by atoms with van der Waals surface area (Å²) in [7, 11) is 3.19. The first-order valence-electron chi connectivity index (χ1n) is 10.8. The van der Waals surface area contributed by atoms with E-state index in [2.05, 4.69) is 20.6 Å². The molecule has 0 saturated carbocycles. The van der Waals surface area contributed by atoms with Crippen LogP contribution in [0.1, 0.15) is 16.8 Å². The van der Waals surface area contributed by atoms with E-state index < -0.39 is 0 Å². The van der Waals surface area contributed by atoms with Crippen LogP contribution in [-0.2, 0) is 17.6 Å². The van der Waals surface area contributed by atoms with Gasteiger partial charge < -0.3 is 20.1 Å². The van der Waals surface area contributed by atoms with E-state index in [9.17, 15) is 4.79 Å². The minimum absolute atomic E-state index is 0.178. The summed E-state index contributed by atoms with van der Waals surface area (Å²) >= 11 is 11.8. The van der Waals surface area contributed by atoms with Gasteiger partial charge >= 0.3 is 0 Å². The van der Waals surface area contributed by atoms with Gasteiger partial charge in [-0.3, -0.25) is 14.8 Å². The fraction of sp³-hybridized carbons (Fsp3) is 0.154. The highest BCUT2D eigenvalue weighted by atomic mass is 35.5. The minimum Gasteiger partial charge on any atom is -0.493 e. The number of rotatable bonds is 7. The lowest BCUT2D eigenvalue weighted by molar-refractivity contribution is -0.119. The normalized spacial score (nSPS) is 10.6. The number of pyridine rings is 2. The first-order valence-corrected chi connectivity index (χ1v) is 11.5. The van der Waals surface area contributed by atoms with E-state index >= 15 is 0 Å². The number of hydrogen-bond donors (Lipinski definition) is 2. The summed E-state index contributed by atoms with van der Waals surface area (Å²) in [4.78, 5) is 21.2. The van der Waals surface area contributed by atoms with Gasteiger partial charge in [0.2, 0.25) is 5.91 Å². The standard InChI is InChI=1S/C26H23ClN4O3S/c1-33-23-13-19-17(8-9-28-21(19)14-24(23)34-2)11-22-20(27)12-18(15-29-22)30-26(35)31-25(32)10-16-6-4-3-5-7-16/h3-9,12-15H,10-11H2,1-2H3,(H2,30,31,32,35). The van der Waals surface area contributed by atoms with E-state index in [4.69, 9.17) is 33.3 Å². The fourth-order valence-electron chi connectivity index (χ4n) is 3.64. The first kappa shape index (κ1) is 24.4. The maximum atomic E-state index is 12.2. The smallest absolute Gasteiger partial charge is 0.230 e. The third-order valence-electron chi connectivity index (χ3n) is 5.33. The summed E-state index contributed by atoms with van der Waals surface area (Å²) < 4.78 is 10.8. The molecular formula is C26H23ClN4O3S. The maximum absolute atomic E-state index is 12.2. The van der Waals surface area contributed by atoms with Crippen LogP contribution in [0.2, 0.25) is 5.02 Å². The molecule has 2 aromatic carbocycles. The number of ether oxygens (including phenoxy) is 2. The summed E-state index contributed by atoms with van der Waals surface area (Å²) in [6, 6.07) is 16.8. The number of carbonyl (C=O) groups is 1. The van der Waals surface area contributed by atoms with Crippen LogP contribution in [0.4, 0.5) is 5.69 Å². The van der Waals surface area contributed by atoms with Gasteiger partial charge in [0.05, 0.1) is 48.8 Å². The molecule has 4 rings (SSSR count). The molecule has 1 amide bonds. The highest BCUT2D eigenvalue weighted by molar-refractivity contribution is 7.80. The highest BCUT2D eigenvalue weighted by Crippen LogP contribution is 2.33. The molecule has 9 heteroatoms. The van der Waals surface area contributed by atoms with E-state index in [1.165, 1.54) is 0 Å². The summed E-state index contributed by atoms with van der Waals surface area (Å²) in [6.07, 6.45) is 4.09. The molecule has 0 atom stereocenters. The lowest BCUT2D eigenvalue weighted by atomic mass is 10.0. The van der Waals surface area contributed by atoms with E-state index in [1.807, 2.05) is 48.5 Å². The molecule has 0 fully saturated rings. The monoisotopic (exact) mass is 506 g/mol. The molecule has 0 aliphatic heterocycles. The largest absolute Gasteiger partial charge is 0.493 e. The van der Waals surface area contributed by atoms with Gasteiger partial charge in [-0.2, -0.15) is 0 Å². The minimum atomic E-state index is -0.207. The Hall–Kier alpha value is -3.75. The Bertz CT molecular complexity index is 1380. The number of carbonyl (C=O) groups excluding carboxylic acids is 1. The number of halogens is 1. The Morgan fingerprint density at radius 2 is 1.77 bits per heavy atom. The molecule has 0 bridgehead atoms. The lowest BCUT2D eigenvalue weighted by Gasteiger charge is -2.13. The summed E-state index contributed by atoms with van der Waals surface area (Å²) in [5, 5.41) is 7.21. The average Bonchev–Trinajstić information content (AvgIpc) is 2.85. The molecule has 178 valence electrons. The molecule has 0 unspecified atom stereocenters. The third-order valence-corrected chi connectivity index (χ3v) is 5.86. The quantitative estimate of drug-likeness (QED) is 0.343. The van der Waals surface area contributed by atoms with Crippen molar-refractivity contribution in [2.45, 2.75) is 12.8 Å². The van der Waals surface area contributed by atoms with Crippen LogP contribution < -0.4 is 20.1 Å². The molecule has 0 saturated heterocycles. The van der Waals surface area contributed by atoms with Crippen molar-refractivity contribution in [1.82, 2.24) is 15.3 Å². The number of amides is 1. The molecular weight excluding hydrogens is 484 g/mol. The number of hydrogen-bond acceptors (Lipinski definition) is 6. The maximum Gasteiger partial charge on any atom is 0.230 e. The fourth-order valence-corrected chi connectivity index (χ4v) is 4.11. The van der Waals surface area contributed by atoms with Crippen LogP contribution in [0.5, 0.6) is 11.5 Å². The van der Waals surface area contributed by atoms with Crippen LogP contribution in [0, 0.1) is 0 Å². The van der Waals surface area contributed by atoms with Gasteiger partial charge in [0.1, 0.15) is 0 Å². The van der Waals surface area contributed by atoms with Crippen molar-refractivity contribution >= 4 is 51.4 Å². The Kier molecular flexibility index (Phi) is 7.74. The Morgan fingerprint density at radius 3 is 2.49 bits per heavy atom. The van der Waals surface area contributed by atoms with E-state index in [0.29, 0.717) is 34.3 Å². The van der Waals surface area contributed by atoms with E-state index in [1.54, 1.807) is 32.7 Å². The molecule has 7 nitrogen and oxygen atoms in total. The van der Waals surface area contributed by atoms with Gasteiger partial charge in [0, 0.05) is 24.1 Å². The second-order valence-electron chi connectivity index (χ2n) is 7.69. The zero-order chi connectivity index (χ0) is 24.8. The van der Waals surface area contributed by atoms with Crippen molar-refractivity contribution in [2.75, 3.05) is 19.5 Å². The molecule has 2 aromatic heterocycles. The van der Waals surface area contributed by atoms with Crippen LogP contribution in [-0.4, -0.2) is 35.2 Å². The molecule has 4 aromatic rings. The van der Waals surface area contributed by atoms with Crippen molar-refractivity contribution in [1.29, 1.82) is 0 Å². The molecule has 0 spiro atoms. The van der Waals surface area contributed by atoms with Crippen molar-refractivity contribution in [3.63, 3.8) is 0 Å². The van der Waals surface area contributed by atoms with Crippen molar-refractivity contribution in [3.8, 4) is 11.5 Å². The Balaban J connectivity index is 1.45. The average molecular weight is 507 g/mol. The van der Waals surface area contributed by atoms with Crippen molar-refractivity contribution < 1.29 is 14.3 Å². The number of methoxy groups -OCH3 is 2. The Morgan fingerprint density at radius 1 is 1.03 bits per heavy atom. The van der Waals surface area contributed by atoms with Crippen LogP contribution in [0.3, 0.4) is 0 Å². The van der Waals surface area contributed by atoms with Gasteiger partial charge in [-0.25, -0.2) is 0 Å². The highest BCUT2D eigenvalue weighted by Gasteiger charge is 2.13.